The molecule has 2 amide bonds. The molecule has 1 atom stereocenters. The number of hydrogen-bond donors (Lipinski definition) is 3. The Balaban J connectivity index is 0.00000256. The van der Waals surface area contributed by atoms with Crippen LogP contribution in [0.5, 0.6) is 0 Å². The van der Waals surface area contributed by atoms with E-state index in [1.54, 1.807) is 0 Å². The van der Waals surface area contributed by atoms with Gasteiger partial charge in [-0.05, 0) is 0 Å². The molecule has 0 spiro atoms. The average Bonchev–Trinajstić information content (AvgIpc) is 2.69. The van der Waals surface area contributed by atoms with Gasteiger partial charge in [-0.25, -0.2) is 4.79 Å². The molecule has 1 rings (SSSR count). The topological polar surface area (TPSA) is 120 Å². The van der Waals surface area contributed by atoms with Crippen molar-refractivity contribution in [2.75, 3.05) is 26.2 Å². The van der Waals surface area contributed by atoms with Crippen LogP contribution in [0.15, 0.2) is 0 Å². The number of nitrogens with one attached hydrogen (secondary N) is 2. The summed E-state index contributed by atoms with van der Waals surface area (Å²) in [5.41, 5.74) is 5.02. The molecule has 9 heteroatoms. The molecule has 0 radical (unpaired) electrons. The highest BCUT2D eigenvalue weighted by atomic mass is 35.5. The Hall–Kier alpha value is -1.54. The first-order chi connectivity index (χ1) is 7.61. The first kappa shape index (κ1) is 15.5. The molecule has 0 unspecified atom stereocenters. The number of cyclic esters (lactones) is 1. The van der Waals surface area contributed by atoms with Gasteiger partial charge in [0, 0.05) is 0 Å². The van der Waals surface area contributed by atoms with Crippen molar-refractivity contribution in [1.29, 1.82) is 0 Å². The molecule has 98 valence electrons. The van der Waals surface area contributed by atoms with Crippen molar-refractivity contribution in [3.05, 3.63) is 0 Å². The second-order valence-corrected chi connectivity index (χ2v) is 3.07. The minimum atomic E-state index is -0.607. The fourth-order valence-corrected chi connectivity index (χ4v) is 1.00. The highest BCUT2D eigenvalue weighted by molar-refractivity contribution is 5.85. The van der Waals surface area contributed by atoms with Gasteiger partial charge in [-0.2, -0.15) is 0 Å². The second-order valence-electron chi connectivity index (χ2n) is 3.07. The van der Waals surface area contributed by atoms with E-state index in [1.165, 1.54) is 0 Å². The summed E-state index contributed by atoms with van der Waals surface area (Å²) < 4.78 is 9.48. The lowest BCUT2D eigenvalue weighted by Crippen LogP contribution is -2.36. The van der Waals surface area contributed by atoms with E-state index in [2.05, 4.69) is 10.6 Å². The van der Waals surface area contributed by atoms with Gasteiger partial charge >= 0.3 is 12.1 Å². The minimum Gasteiger partial charge on any atom is -0.460 e. The van der Waals surface area contributed by atoms with Gasteiger partial charge in [-0.1, -0.05) is 0 Å². The van der Waals surface area contributed by atoms with Gasteiger partial charge in [0.15, 0.2) is 6.10 Å². The molecule has 1 saturated heterocycles. The molecule has 0 aromatic rings. The molecule has 1 aliphatic rings. The summed E-state index contributed by atoms with van der Waals surface area (Å²) >= 11 is 0. The number of nitrogens with two attached hydrogens (primary N) is 1. The lowest BCUT2D eigenvalue weighted by atomic mass is 10.4. The maximum atomic E-state index is 11.1. The van der Waals surface area contributed by atoms with E-state index in [0.29, 0.717) is 6.54 Å². The van der Waals surface area contributed by atoms with Gasteiger partial charge in [0.05, 0.1) is 13.1 Å². The van der Waals surface area contributed by atoms with E-state index in [1.807, 2.05) is 0 Å². The summed E-state index contributed by atoms with van der Waals surface area (Å²) in [6.07, 6.45) is -1.00. The zero-order chi connectivity index (χ0) is 12.0. The fourth-order valence-electron chi connectivity index (χ4n) is 1.00. The van der Waals surface area contributed by atoms with Crippen molar-refractivity contribution in [3.8, 4) is 0 Å². The Morgan fingerprint density at radius 3 is 2.82 bits per heavy atom. The summed E-state index contributed by atoms with van der Waals surface area (Å²) in [5, 5.41) is 4.67. The van der Waals surface area contributed by atoms with Gasteiger partial charge in [-0.15, -0.1) is 12.4 Å². The molecule has 0 aromatic carbocycles. The van der Waals surface area contributed by atoms with E-state index in [0.717, 1.165) is 0 Å². The number of hydrogen-bond acceptors (Lipinski definition) is 6. The van der Waals surface area contributed by atoms with Crippen LogP contribution in [0.25, 0.3) is 0 Å². The molecule has 1 aliphatic heterocycles. The smallest absolute Gasteiger partial charge is 0.407 e. The number of esters is 1. The van der Waals surface area contributed by atoms with Crippen LogP contribution in [-0.4, -0.2) is 50.3 Å². The van der Waals surface area contributed by atoms with E-state index >= 15 is 0 Å². The molecule has 4 N–H and O–H groups in total. The van der Waals surface area contributed by atoms with Crippen LogP contribution >= 0.6 is 12.4 Å². The summed E-state index contributed by atoms with van der Waals surface area (Å²) in [7, 11) is 0. The van der Waals surface area contributed by atoms with Crippen molar-refractivity contribution < 1.29 is 23.9 Å². The molecule has 17 heavy (non-hydrogen) atoms. The largest absolute Gasteiger partial charge is 0.460 e. The van der Waals surface area contributed by atoms with Crippen molar-refractivity contribution in [2.45, 2.75) is 6.10 Å². The van der Waals surface area contributed by atoms with E-state index in [-0.39, 0.29) is 32.1 Å². The fraction of sp³-hybridized carbons (Fsp3) is 0.625. The van der Waals surface area contributed by atoms with E-state index < -0.39 is 24.1 Å². The van der Waals surface area contributed by atoms with Gasteiger partial charge < -0.3 is 25.8 Å². The average molecular weight is 268 g/mol. The SMILES string of the molecule is Cl.NCC(=O)NCC(=O)OC[C@@H]1CNC(=O)O1. The second kappa shape index (κ2) is 7.69. The van der Waals surface area contributed by atoms with Crippen molar-refractivity contribution in [1.82, 2.24) is 10.6 Å². The van der Waals surface area contributed by atoms with Crippen molar-refractivity contribution in [2.24, 2.45) is 5.73 Å². The van der Waals surface area contributed by atoms with Crippen LogP contribution < -0.4 is 16.4 Å². The number of carbonyl (C=O) groups excluding carboxylic acids is 3. The zero-order valence-electron chi connectivity index (χ0n) is 8.93. The number of halogens is 1. The summed E-state index contributed by atoms with van der Waals surface area (Å²) in [4.78, 5) is 32.4. The Kier molecular flexibility index (Phi) is 6.99. The Morgan fingerprint density at radius 2 is 2.29 bits per heavy atom. The highest BCUT2D eigenvalue weighted by Crippen LogP contribution is 2.00. The minimum absolute atomic E-state index is 0. The summed E-state index contributed by atoms with van der Waals surface area (Å²) in [5.74, 6) is -1.05. The number of rotatable bonds is 5. The predicted molar refractivity (Wildman–Crippen MR) is 58.5 cm³/mol. The molecule has 0 bridgehead atoms. The Labute approximate surface area is 104 Å². The third-order valence-electron chi connectivity index (χ3n) is 1.79. The van der Waals surface area contributed by atoms with Crippen LogP contribution in [0.4, 0.5) is 4.79 Å². The quantitative estimate of drug-likeness (QED) is 0.502. The van der Waals surface area contributed by atoms with Gasteiger partial charge in [-0.3, -0.25) is 9.59 Å². The molecule has 8 nitrogen and oxygen atoms in total. The van der Waals surface area contributed by atoms with Crippen molar-refractivity contribution in [3.63, 3.8) is 0 Å². The maximum Gasteiger partial charge on any atom is 0.407 e. The van der Waals surface area contributed by atoms with E-state index in [9.17, 15) is 14.4 Å². The zero-order valence-corrected chi connectivity index (χ0v) is 9.75. The third kappa shape index (κ3) is 5.93. The summed E-state index contributed by atoms with van der Waals surface area (Å²) in [6, 6.07) is 0. The Bertz CT molecular complexity index is 299. The molecule has 0 aliphatic carbocycles. The lowest BCUT2D eigenvalue weighted by molar-refractivity contribution is -0.146. The molecular formula is C8H14ClN3O5. The van der Waals surface area contributed by atoms with Crippen LogP contribution in [-0.2, 0) is 19.1 Å². The predicted octanol–water partition coefficient (Wildman–Crippen LogP) is -1.87. The third-order valence-corrected chi connectivity index (χ3v) is 1.79. The monoisotopic (exact) mass is 267 g/mol. The number of carbonyl (C=O) groups is 3. The molecule has 1 fully saturated rings. The van der Waals surface area contributed by atoms with Crippen LogP contribution in [0.3, 0.4) is 0 Å². The number of ether oxygens (including phenoxy) is 2. The van der Waals surface area contributed by atoms with Gasteiger partial charge in [0.2, 0.25) is 5.91 Å². The first-order valence-electron chi connectivity index (χ1n) is 4.68. The maximum absolute atomic E-state index is 11.1. The van der Waals surface area contributed by atoms with Crippen LogP contribution in [0, 0.1) is 0 Å². The molecule has 1 heterocycles. The number of amides is 2. The molecule has 0 aromatic heterocycles. The molecular weight excluding hydrogens is 254 g/mol. The lowest BCUT2D eigenvalue weighted by Gasteiger charge is -2.09. The number of alkyl carbamates (subject to hydrolysis) is 1. The Morgan fingerprint density at radius 1 is 1.59 bits per heavy atom. The van der Waals surface area contributed by atoms with Crippen LogP contribution in [0.1, 0.15) is 0 Å². The highest BCUT2D eigenvalue weighted by Gasteiger charge is 2.23. The van der Waals surface area contributed by atoms with Gasteiger partial charge in [0.1, 0.15) is 13.2 Å². The normalized spacial score (nSPS) is 17.5. The van der Waals surface area contributed by atoms with Crippen LogP contribution in [0.2, 0.25) is 0 Å². The standard InChI is InChI=1S/C8H13N3O5.ClH/c9-1-6(12)10-3-7(13)15-4-5-2-11-8(14)16-5;/h5H,1-4,9H2,(H,10,12)(H,11,14);1H/t5-;/m0./s1. The van der Waals surface area contributed by atoms with Crippen molar-refractivity contribution >= 4 is 30.4 Å². The van der Waals surface area contributed by atoms with Gasteiger partial charge in [0.25, 0.3) is 0 Å². The van der Waals surface area contributed by atoms with E-state index in [4.69, 9.17) is 15.2 Å². The first-order valence-corrected chi connectivity index (χ1v) is 4.68. The summed E-state index contributed by atoms with van der Waals surface area (Å²) in [6.45, 7) is -0.154. The molecule has 0 saturated carbocycles.